The maximum atomic E-state index is 13.6. The molecule has 8 nitrogen and oxygen atoms in total. The number of hydrogen-bond donors (Lipinski definition) is 0. The van der Waals surface area contributed by atoms with Crippen LogP contribution >= 0.6 is 0 Å². The highest BCUT2D eigenvalue weighted by molar-refractivity contribution is 5.95. The zero-order valence-corrected chi connectivity index (χ0v) is 18.5. The average Bonchev–Trinajstić information content (AvgIpc) is 3.45. The summed E-state index contributed by atoms with van der Waals surface area (Å²) in [7, 11) is 0. The van der Waals surface area contributed by atoms with E-state index in [0.29, 0.717) is 61.5 Å². The Morgan fingerprint density at radius 2 is 1.82 bits per heavy atom. The summed E-state index contributed by atoms with van der Waals surface area (Å²) in [5.41, 5.74) is 2.72. The van der Waals surface area contributed by atoms with Gasteiger partial charge in [0.1, 0.15) is 11.5 Å². The highest BCUT2D eigenvalue weighted by Gasteiger charge is 2.36. The first-order chi connectivity index (χ1) is 16.7. The second kappa shape index (κ2) is 8.64. The van der Waals surface area contributed by atoms with Crippen molar-refractivity contribution < 1.29 is 27.9 Å². The molecule has 6 rings (SSSR count). The van der Waals surface area contributed by atoms with Crippen LogP contribution in [0.2, 0.25) is 0 Å². The second-order valence-electron chi connectivity index (χ2n) is 8.65. The summed E-state index contributed by atoms with van der Waals surface area (Å²) < 4.78 is 35.7. The molecule has 0 atom stereocenters. The van der Waals surface area contributed by atoms with E-state index in [9.17, 15) is 9.18 Å². The number of aromatic nitrogens is 1. The van der Waals surface area contributed by atoms with Crippen LogP contribution < -0.4 is 14.4 Å². The van der Waals surface area contributed by atoms with Gasteiger partial charge in [0.15, 0.2) is 11.5 Å². The minimum atomic E-state index is -0.320. The van der Waals surface area contributed by atoms with Crippen molar-refractivity contribution in [1.82, 2.24) is 10.1 Å². The maximum Gasteiger partial charge on any atom is 0.254 e. The predicted molar refractivity (Wildman–Crippen MR) is 120 cm³/mol. The highest BCUT2D eigenvalue weighted by Crippen LogP contribution is 2.38. The molecule has 2 aromatic carbocycles. The lowest BCUT2D eigenvalue weighted by atomic mass is 10.1. The van der Waals surface area contributed by atoms with Crippen molar-refractivity contribution >= 4 is 11.8 Å². The number of amides is 1. The lowest BCUT2D eigenvalue weighted by Crippen LogP contribution is -2.37. The van der Waals surface area contributed by atoms with Gasteiger partial charge < -0.3 is 28.5 Å². The Morgan fingerprint density at radius 1 is 1.06 bits per heavy atom. The monoisotopic (exact) mass is 465 g/mol. The number of carbonyl (C=O) groups is 1. The van der Waals surface area contributed by atoms with Crippen LogP contribution in [-0.2, 0) is 11.3 Å². The third kappa shape index (κ3) is 3.96. The molecule has 9 heteroatoms. The molecule has 1 amide bonds. The van der Waals surface area contributed by atoms with E-state index in [-0.39, 0.29) is 24.6 Å². The molecule has 1 saturated heterocycles. The van der Waals surface area contributed by atoms with Gasteiger partial charge in [-0.05, 0) is 55.3 Å². The summed E-state index contributed by atoms with van der Waals surface area (Å²) in [6.45, 7) is 3.02. The third-order valence-electron chi connectivity index (χ3n) is 6.38. The Bertz CT molecular complexity index is 1200. The van der Waals surface area contributed by atoms with E-state index in [0.717, 1.165) is 24.0 Å². The molecular formula is C25H24FN3O5. The number of nitrogens with zero attached hydrogens (tertiary/aromatic N) is 3. The fraction of sp³-hybridized carbons (Fsp3) is 0.360. The Balaban J connectivity index is 1.36. The van der Waals surface area contributed by atoms with Crippen LogP contribution in [-0.4, -0.2) is 55.1 Å². The summed E-state index contributed by atoms with van der Waals surface area (Å²) >= 11 is 0. The van der Waals surface area contributed by atoms with Gasteiger partial charge in [-0.15, -0.1) is 0 Å². The van der Waals surface area contributed by atoms with E-state index in [1.54, 1.807) is 30.3 Å². The molecule has 0 spiro atoms. The van der Waals surface area contributed by atoms with Gasteiger partial charge in [0.05, 0.1) is 25.3 Å². The standard InChI is InChI=1S/C25H24FN3O5/c26-18-4-1-16(2-5-18)23-20(25(34-27-23)28-9-11-31-12-10-28)14-29(19-6-7-19)24(30)17-3-8-21-22(13-17)33-15-32-21/h1-5,8,13,19H,6-7,9-12,14-15H2. The van der Waals surface area contributed by atoms with Crippen molar-refractivity contribution in [3.8, 4) is 22.8 Å². The fourth-order valence-corrected chi connectivity index (χ4v) is 4.41. The van der Waals surface area contributed by atoms with Crippen LogP contribution in [0.15, 0.2) is 47.0 Å². The lowest BCUT2D eigenvalue weighted by molar-refractivity contribution is 0.0729. The van der Waals surface area contributed by atoms with E-state index >= 15 is 0 Å². The second-order valence-corrected chi connectivity index (χ2v) is 8.65. The van der Waals surface area contributed by atoms with Gasteiger partial charge in [-0.25, -0.2) is 4.39 Å². The molecule has 3 heterocycles. The quantitative estimate of drug-likeness (QED) is 0.547. The first kappa shape index (κ1) is 21.0. The van der Waals surface area contributed by atoms with Gasteiger partial charge in [0.2, 0.25) is 12.7 Å². The van der Waals surface area contributed by atoms with Crippen molar-refractivity contribution in [2.24, 2.45) is 0 Å². The Hall–Kier alpha value is -3.59. The third-order valence-corrected chi connectivity index (χ3v) is 6.38. The Morgan fingerprint density at radius 3 is 2.59 bits per heavy atom. The van der Waals surface area contributed by atoms with Crippen LogP contribution in [0.3, 0.4) is 0 Å². The number of anilines is 1. The molecule has 3 aliphatic rings. The van der Waals surface area contributed by atoms with Crippen molar-refractivity contribution in [3.05, 3.63) is 59.4 Å². The molecule has 0 bridgehead atoms. The molecule has 0 N–H and O–H groups in total. The van der Waals surface area contributed by atoms with Gasteiger partial charge in [0.25, 0.3) is 5.91 Å². The summed E-state index contributed by atoms with van der Waals surface area (Å²) in [5, 5.41) is 4.35. The maximum absolute atomic E-state index is 13.6. The molecule has 2 aliphatic heterocycles. The summed E-state index contributed by atoms with van der Waals surface area (Å²) in [6, 6.07) is 11.6. The van der Waals surface area contributed by atoms with Gasteiger partial charge >= 0.3 is 0 Å². The molecule has 1 aliphatic carbocycles. The van der Waals surface area contributed by atoms with Crippen LogP contribution in [0.5, 0.6) is 11.5 Å². The van der Waals surface area contributed by atoms with Crippen molar-refractivity contribution in [2.45, 2.75) is 25.4 Å². The smallest absolute Gasteiger partial charge is 0.254 e. The predicted octanol–water partition coefficient (Wildman–Crippen LogP) is 3.85. The molecule has 34 heavy (non-hydrogen) atoms. The van der Waals surface area contributed by atoms with E-state index in [1.807, 2.05) is 4.90 Å². The summed E-state index contributed by atoms with van der Waals surface area (Å²) in [5.74, 6) is 1.45. The number of rotatable bonds is 6. The van der Waals surface area contributed by atoms with Crippen molar-refractivity contribution in [1.29, 1.82) is 0 Å². The minimum absolute atomic E-state index is 0.0833. The first-order valence-electron chi connectivity index (χ1n) is 11.4. The lowest BCUT2D eigenvalue weighted by Gasteiger charge is -2.28. The molecule has 0 unspecified atom stereocenters. The molecule has 1 saturated carbocycles. The number of halogens is 1. The van der Waals surface area contributed by atoms with Crippen molar-refractivity contribution in [2.75, 3.05) is 38.0 Å². The highest BCUT2D eigenvalue weighted by atomic mass is 19.1. The molecule has 3 aromatic rings. The first-order valence-corrected chi connectivity index (χ1v) is 11.4. The largest absolute Gasteiger partial charge is 0.454 e. The normalized spacial score (nSPS) is 17.1. The topological polar surface area (TPSA) is 77.3 Å². The van der Waals surface area contributed by atoms with E-state index in [4.69, 9.17) is 18.7 Å². The molecule has 176 valence electrons. The molecule has 0 radical (unpaired) electrons. The molecular weight excluding hydrogens is 441 g/mol. The summed E-state index contributed by atoms with van der Waals surface area (Å²) in [6.07, 6.45) is 1.89. The zero-order valence-electron chi connectivity index (χ0n) is 18.5. The SMILES string of the molecule is O=C(c1ccc2c(c1)OCO2)N(Cc1c(-c2ccc(F)cc2)noc1N1CCOCC1)C1CC1. The minimum Gasteiger partial charge on any atom is -0.454 e. The Labute approximate surface area is 195 Å². The number of ether oxygens (including phenoxy) is 3. The van der Waals surface area contributed by atoms with Gasteiger partial charge in [-0.3, -0.25) is 4.79 Å². The fourth-order valence-electron chi connectivity index (χ4n) is 4.41. The zero-order chi connectivity index (χ0) is 23.1. The number of benzene rings is 2. The average molecular weight is 465 g/mol. The molecule has 1 aromatic heterocycles. The number of carbonyl (C=O) groups excluding carboxylic acids is 1. The number of fused-ring (bicyclic) bond motifs is 1. The number of morpholine rings is 1. The van der Waals surface area contributed by atoms with Crippen LogP contribution in [0.25, 0.3) is 11.3 Å². The van der Waals surface area contributed by atoms with Gasteiger partial charge in [-0.1, -0.05) is 5.16 Å². The Kier molecular flexibility index (Phi) is 5.33. The van der Waals surface area contributed by atoms with Crippen LogP contribution in [0.1, 0.15) is 28.8 Å². The van der Waals surface area contributed by atoms with E-state index in [2.05, 4.69) is 10.1 Å². The van der Waals surface area contributed by atoms with Crippen molar-refractivity contribution in [3.63, 3.8) is 0 Å². The van der Waals surface area contributed by atoms with Crippen LogP contribution in [0, 0.1) is 5.82 Å². The molecule has 2 fully saturated rings. The van der Waals surface area contributed by atoms with E-state index < -0.39 is 0 Å². The summed E-state index contributed by atoms with van der Waals surface area (Å²) in [4.78, 5) is 17.6. The van der Waals surface area contributed by atoms with Gasteiger partial charge in [-0.2, -0.15) is 0 Å². The van der Waals surface area contributed by atoms with Gasteiger partial charge in [0, 0.05) is 30.3 Å². The van der Waals surface area contributed by atoms with Crippen LogP contribution in [0.4, 0.5) is 10.3 Å². The van der Waals surface area contributed by atoms with E-state index in [1.165, 1.54) is 12.1 Å². The number of hydrogen-bond acceptors (Lipinski definition) is 7.